The van der Waals surface area contributed by atoms with E-state index in [1.54, 1.807) is 7.11 Å². The van der Waals surface area contributed by atoms with Crippen molar-refractivity contribution in [1.82, 2.24) is 0 Å². The van der Waals surface area contributed by atoms with Crippen molar-refractivity contribution in [1.29, 1.82) is 0 Å². The SMILES string of the molecule is CO/N=C1/CC[C@@]2(C)[C@H](CC[C@@H]3[C@@H]2CC[C@]2(C)[C@@H](O)CC[C@@H]32)C1. The largest absolute Gasteiger partial charge is 0.399 e. The van der Waals surface area contributed by atoms with Gasteiger partial charge in [0.1, 0.15) is 7.11 Å². The molecule has 0 aromatic carbocycles. The fourth-order valence-corrected chi connectivity index (χ4v) is 7.24. The number of rotatable bonds is 1. The van der Waals surface area contributed by atoms with E-state index in [1.165, 1.54) is 44.2 Å². The van der Waals surface area contributed by atoms with Crippen molar-refractivity contribution < 1.29 is 9.94 Å². The first-order chi connectivity index (χ1) is 11.0. The molecule has 0 amide bonds. The lowest BCUT2D eigenvalue weighted by atomic mass is 9.45. The quantitative estimate of drug-likeness (QED) is 0.728. The smallest absolute Gasteiger partial charge is 0.106 e. The van der Waals surface area contributed by atoms with E-state index in [9.17, 15) is 5.11 Å². The van der Waals surface area contributed by atoms with Gasteiger partial charge in [-0.2, -0.15) is 0 Å². The first-order valence-corrected chi connectivity index (χ1v) is 9.76. The Balaban J connectivity index is 1.58. The Bertz CT molecular complexity index is 504. The molecule has 23 heavy (non-hydrogen) atoms. The fraction of sp³-hybridized carbons (Fsp3) is 0.950. The van der Waals surface area contributed by atoms with E-state index in [4.69, 9.17) is 4.84 Å². The standard InChI is InChI=1S/C20H33NO2/c1-19-10-8-14(21-23-3)12-13(19)4-5-15-16-6-7-18(22)20(16,2)11-9-17(15)19/h13,15-18,22H,4-12H2,1-3H3/b21-14-/t13-,15+,16+,17+,18+,19+,20+/m1/s1. The van der Waals surface area contributed by atoms with Gasteiger partial charge in [0.15, 0.2) is 0 Å². The van der Waals surface area contributed by atoms with E-state index >= 15 is 0 Å². The molecule has 0 heterocycles. The Labute approximate surface area is 140 Å². The molecule has 0 spiro atoms. The molecule has 0 aromatic rings. The highest BCUT2D eigenvalue weighted by Crippen LogP contribution is 2.65. The summed E-state index contributed by atoms with van der Waals surface area (Å²) in [4.78, 5) is 5.04. The van der Waals surface area contributed by atoms with Crippen LogP contribution in [0.3, 0.4) is 0 Å². The van der Waals surface area contributed by atoms with E-state index in [2.05, 4.69) is 19.0 Å². The van der Waals surface area contributed by atoms with Crippen molar-refractivity contribution in [2.24, 2.45) is 39.7 Å². The van der Waals surface area contributed by atoms with E-state index in [1.807, 2.05) is 0 Å². The Morgan fingerprint density at radius 1 is 1.00 bits per heavy atom. The van der Waals surface area contributed by atoms with Crippen molar-refractivity contribution in [2.45, 2.75) is 77.7 Å². The van der Waals surface area contributed by atoms with E-state index in [0.717, 1.165) is 42.9 Å². The van der Waals surface area contributed by atoms with Crippen LogP contribution in [0.25, 0.3) is 0 Å². The molecule has 4 aliphatic carbocycles. The molecule has 7 atom stereocenters. The topological polar surface area (TPSA) is 41.8 Å². The van der Waals surface area contributed by atoms with Gasteiger partial charge in [0.2, 0.25) is 0 Å². The lowest BCUT2D eigenvalue weighted by Gasteiger charge is -2.60. The highest BCUT2D eigenvalue weighted by molar-refractivity contribution is 5.85. The molecule has 4 rings (SSSR count). The zero-order valence-electron chi connectivity index (χ0n) is 15.1. The number of oxime groups is 1. The number of hydrogen-bond acceptors (Lipinski definition) is 3. The predicted octanol–water partition coefficient (Wildman–Crippen LogP) is 4.39. The van der Waals surface area contributed by atoms with Gasteiger partial charge in [-0.15, -0.1) is 0 Å². The second-order valence-electron chi connectivity index (χ2n) is 9.34. The molecule has 0 unspecified atom stereocenters. The highest BCUT2D eigenvalue weighted by atomic mass is 16.6. The van der Waals surface area contributed by atoms with Crippen LogP contribution in [0.4, 0.5) is 0 Å². The molecule has 0 radical (unpaired) electrons. The minimum Gasteiger partial charge on any atom is -0.399 e. The van der Waals surface area contributed by atoms with Crippen molar-refractivity contribution in [3.05, 3.63) is 0 Å². The second kappa shape index (κ2) is 5.47. The molecule has 3 heteroatoms. The van der Waals surface area contributed by atoms with Gasteiger partial charge in [-0.1, -0.05) is 19.0 Å². The van der Waals surface area contributed by atoms with Crippen LogP contribution in [-0.4, -0.2) is 24.0 Å². The van der Waals surface area contributed by atoms with Crippen molar-refractivity contribution >= 4 is 5.71 Å². The monoisotopic (exact) mass is 319 g/mol. The van der Waals surface area contributed by atoms with Crippen LogP contribution >= 0.6 is 0 Å². The highest BCUT2D eigenvalue weighted by Gasteiger charge is 2.59. The number of aliphatic hydroxyl groups is 1. The zero-order valence-corrected chi connectivity index (χ0v) is 15.1. The lowest BCUT2D eigenvalue weighted by molar-refractivity contribution is -0.112. The summed E-state index contributed by atoms with van der Waals surface area (Å²) in [6.07, 6.45) is 11.1. The van der Waals surface area contributed by atoms with Gasteiger partial charge >= 0.3 is 0 Å². The third-order valence-corrected chi connectivity index (χ3v) is 8.67. The third-order valence-electron chi connectivity index (χ3n) is 8.67. The van der Waals surface area contributed by atoms with Crippen LogP contribution in [0.5, 0.6) is 0 Å². The van der Waals surface area contributed by atoms with Gasteiger partial charge in [0, 0.05) is 0 Å². The second-order valence-corrected chi connectivity index (χ2v) is 9.34. The summed E-state index contributed by atoms with van der Waals surface area (Å²) in [5.74, 6) is 3.28. The molecule has 1 N–H and O–H groups in total. The van der Waals surface area contributed by atoms with Crippen LogP contribution in [-0.2, 0) is 4.84 Å². The summed E-state index contributed by atoms with van der Waals surface area (Å²) in [5, 5.41) is 14.8. The summed E-state index contributed by atoms with van der Waals surface area (Å²) in [5.41, 5.74) is 1.98. The minimum atomic E-state index is -0.0502. The van der Waals surface area contributed by atoms with Gasteiger partial charge in [0.25, 0.3) is 0 Å². The van der Waals surface area contributed by atoms with Crippen LogP contribution < -0.4 is 0 Å². The number of hydrogen-bond donors (Lipinski definition) is 1. The van der Waals surface area contributed by atoms with E-state index in [0.29, 0.717) is 5.41 Å². The molecule has 4 saturated carbocycles. The summed E-state index contributed by atoms with van der Waals surface area (Å²) >= 11 is 0. The van der Waals surface area contributed by atoms with Gasteiger partial charge < -0.3 is 9.94 Å². The number of nitrogens with zero attached hydrogens (tertiary/aromatic N) is 1. The van der Waals surface area contributed by atoms with Crippen LogP contribution in [0, 0.1) is 34.5 Å². The molecule has 0 saturated heterocycles. The van der Waals surface area contributed by atoms with E-state index in [-0.39, 0.29) is 11.5 Å². The third kappa shape index (κ3) is 2.22. The first-order valence-electron chi connectivity index (χ1n) is 9.76. The van der Waals surface area contributed by atoms with Crippen molar-refractivity contribution in [3.63, 3.8) is 0 Å². The Kier molecular flexibility index (Phi) is 3.79. The Hall–Kier alpha value is -0.570. The van der Waals surface area contributed by atoms with Gasteiger partial charge in [0.05, 0.1) is 11.8 Å². The predicted molar refractivity (Wildman–Crippen MR) is 92.2 cm³/mol. The van der Waals surface area contributed by atoms with Crippen LogP contribution in [0.1, 0.15) is 71.6 Å². The van der Waals surface area contributed by atoms with Crippen LogP contribution in [0.2, 0.25) is 0 Å². The first kappa shape index (κ1) is 15.9. The maximum atomic E-state index is 10.5. The molecule has 4 fully saturated rings. The normalized spacial score (nSPS) is 54.3. The summed E-state index contributed by atoms with van der Waals surface area (Å²) in [6, 6.07) is 0. The molecule has 0 bridgehead atoms. The van der Waals surface area contributed by atoms with Crippen molar-refractivity contribution in [2.75, 3.05) is 7.11 Å². The number of aliphatic hydroxyl groups excluding tert-OH is 1. The molecule has 0 aliphatic heterocycles. The average Bonchev–Trinajstić information content (AvgIpc) is 2.84. The fourth-order valence-electron chi connectivity index (χ4n) is 7.24. The van der Waals surface area contributed by atoms with Gasteiger partial charge in [-0.25, -0.2) is 0 Å². The van der Waals surface area contributed by atoms with Crippen LogP contribution in [0.15, 0.2) is 5.16 Å². The van der Waals surface area contributed by atoms with E-state index < -0.39 is 0 Å². The summed E-state index contributed by atoms with van der Waals surface area (Å²) in [6.45, 7) is 4.95. The maximum Gasteiger partial charge on any atom is 0.106 e. The summed E-state index contributed by atoms with van der Waals surface area (Å²) in [7, 11) is 1.67. The van der Waals surface area contributed by atoms with Gasteiger partial charge in [-0.3, -0.25) is 0 Å². The van der Waals surface area contributed by atoms with Crippen molar-refractivity contribution in [3.8, 4) is 0 Å². The molecule has 4 aliphatic rings. The number of fused-ring (bicyclic) bond motifs is 5. The lowest BCUT2D eigenvalue weighted by Crippen LogP contribution is -2.54. The Morgan fingerprint density at radius 2 is 1.78 bits per heavy atom. The molecule has 130 valence electrons. The molecule has 3 nitrogen and oxygen atoms in total. The van der Waals surface area contributed by atoms with Gasteiger partial charge in [-0.05, 0) is 92.3 Å². The minimum absolute atomic E-state index is 0.0502. The summed E-state index contributed by atoms with van der Waals surface area (Å²) < 4.78 is 0. The average molecular weight is 319 g/mol. The maximum absolute atomic E-state index is 10.5. The molecule has 0 aromatic heterocycles. The Morgan fingerprint density at radius 3 is 2.57 bits per heavy atom. The molecular weight excluding hydrogens is 286 g/mol. The molecular formula is C20H33NO2. The zero-order chi connectivity index (χ0) is 16.2.